The van der Waals surface area contributed by atoms with Crippen molar-refractivity contribution in [2.75, 3.05) is 39.4 Å². The summed E-state index contributed by atoms with van der Waals surface area (Å²) in [6, 6.07) is 7.51. The molecule has 1 aromatic rings. The summed E-state index contributed by atoms with van der Waals surface area (Å²) in [7, 11) is 0. The Bertz CT molecular complexity index is 538. The van der Waals surface area contributed by atoms with Crippen molar-refractivity contribution in [3.05, 3.63) is 34.9 Å². The van der Waals surface area contributed by atoms with E-state index in [0.717, 1.165) is 18.7 Å². The molecule has 6 heteroatoms. The van der Waals surface area contributed by atoms with Crippen molar-refractivity contribution in [3.63, 3.8) is 0 Å². The average Bonchev–Trinajstić information content (AvgIpc) is 2.54. The summed E-state index contributed by atoms with van der Waals surface area (Å²) >= 11 is 6.09. The minimum atomic E-state index is -0.266. The highest BCUT2D eigenvalue weighted by Crippen LogP contribution is 2.23. The largest absolute Gasteiger partial charge is 0.379 e. The summed E-state index contributed by atoms with van der Waals surface area (Å²) in [6.45, 7) is 3.73. The van der Waals surface area contributed by atoms with Crippen molar-refractivity contribution in [2.45, 2.75) is 6.04 Å². The van der Waals surface area contributed by atoms with E-state index in [0.29, 0.717) is 24.8 Å². The van der Waals surface area contributed by atoms with Gasteiger partial charge in [0.1, 0.15) is 0 Å². The fraction of sp³-hybridized carbons (Fsp3) is 0.438. The smallest absolute Gasteiger partial charge is 0.315 e. The van der Waals surface area contributed by atoms with Crippen molar-refractivity contribution in [3.8, 4) is 12.3 Å². The molecule has 118 valence electrons. The number of morpholine rings is 1. The molecule has 1 atom stereocenters. The highest BCUT2D eigenvalue weighted by molar-refractivity contribution is 6.30. The van der Waals surface area contributed by atoms with Gasteiger partial charge in [0.05, 0.1) is 25.8 Å². The molecular formula is C16H20ClN3O2. The molecule has 2 rings (SSSR count). The molecule has 1 saturated heterocycles. The molecule has 5 nitrogen and oxygen atoms in total. The van der Waals surface area contributed by atoms with E-state index in [4.69, 9.17) is 22.8 Å². The zero-order valence-corrected chi connectivity index (χ0v) is 13.1. The van der Waals surface area contributed by atoms with Crippen LogP contribution in [0.2, 0.25) is 5.02 Å². The lowest BCUT2D eigenvalue weighted by molar-refractivity contribution is 0.0167. The normalized spacial score (nSPS) is 16.5. The molecule has 2 N–H and O–H groups in total. The number of amides is 2. The Kier molecular flexibility index (Phi) is 6.53. The first-order valence-electron chi connectivity index (χ1n) is 7.23. The molecule has 1 aliphatic heterocycles. The number of hydrogen-bond donors (Lipinski definition) is 2. The van der Waals surface area contributed by atoms with Crippen LogP contribution in [-0.2, 0) is 4.74 Å². The molecule has 1 aromatic carbocycles. The van der Waals surface area contributed by atoms with Gasteiger partial charge in [0.15, 0.2) is 0 Å². The van der Waals surface area contributed by atoms with Crippen LogP contribution in [0.4, 0.5) is 4.79 Å². The Morgan fingerprint density at radius 1 is 1.41 bits per heavy atom. The van der Waals surface area contributed by atoms with Crippen LogP contribution in [0.15, 0.2) is 24.3 Å². The SMILES string of the molecule is C#CCNC(=O)NC[C@@H](c1cccc(Cl)c1)N1CCOCC1. The van der Waals surface area contributed by atoms with E-state index in [9.17, 15) is 4.79 Å². The monoisotopic (exact) mass is 321 g/mol. The number of benzene rings is 1. The number of nitrogens with zero attached hydrogens (tertiary/aromatic N) is 1. The van der Waals surface area contributed by atoms with Crippen LogP contribution in [0.25, 0.3) is 0 Å². The fourth-order valence-electron chi connectivity index (χ4n) is 2.44. The number of ether oxygens (including phenoxy) is 1. The van der Waals surface area contributed by atoms with E-state index < -0.39 is 0 Å². The molecule has 0 saturated carbocycles. The van der Waals surface area contributed by atoms with Gasteiger partial charge in [-0.05, 0) is 17.7 Å². The van der Waals surface area contributed by atoms with Crippen molar-refractivity contribution >= 4 is 17.6 Å². The molecule has 1 fully saturated rings. The van der Waals surface area contributed by atoms with Crippen molar-refractivity contribution in [2.24, 2.45) is 0 Å². The van der Waals surface area contributed by atoms with Crippen molar-refractivity contribution in [1.82, 2.24) is 15.5 Å². The number of carbonyl (C=O) groups is 1. The molecule has 0 bridgehead atoms. The molecule has 1 heterocycles. The lowest BCUT2D eigenvalue weighted by Gasteiger charge is -2.35. The second kappa shape index (κ2) is 8.64. The lowest BCUT2D eigenvalue weighted by Crippen LogP contribution is -2.45. The minimum Gasteiger partial charge on any atom is -0.379 e. The molecule has 0 aliphatic carbocycles. The van der Waals surface area contributed by atoms with E-state index in [2.05, 4.69) is 21.5 Å². The maximum Gasteiger partial charge on any atom is 0.315 e. The zero-order chi connectivity index (χ0) is 15.8. The molecule has 0 spiro atoms. The number of terminal acetylenes is 1. The summed E-state index contributed by atoms with van der Waals surface area (Å²) in [5, 5.41) is 6.15. The summed E-state index contributed by atoms with van der Waals surface area (Å²) in [5.74, 6) is 2.37. The van der Waals surface area contributed by atoms with Gasteiger partial charge in [-0.3, -0.25) is 4.90 Å². The molecule has 0 aromatic heterocycles. The van der Waals surface area contributed by atoms with Gasteiger partial charge >= 0.3 is 6.03 Å². The topological polar surface area (TPSA) is 53.6 Å². The van der Waals surface area contributed by atoms with Crippen LogP contribution in [-0.4, -0.2) is 50.3 Å². The lowest BCUT2D eigenvalue weighted by atomic mass is 10.0. The van der Waals surface area contributed by atoms with Crippen molar-refractivity contribution in [1.29, 1.82) is 0 Å². The van der Waals surface area contributed by atoms with Gasteiger partial charge in [-0.25, -0.2) is 4.79 Å². The van der Waals surface area contributed by atoms with Crippen LogP contribution in [0.1, 0.15) is 11.6 Å². The molecule has 22 heavy (non-hydrogen) atoms. The van der Waals surface area contributed by atoms with Gasteiger partial charge in [0, 0.05) is 24.7 Å². The van der Waals surface area contributed by atoms with E-state index in [-0.39, 0.29) is 18.6 Å². The van der Waals surface area contributed by atoms with E-state index >= 15 is 0 Å². The summed E-state index contributed by atoms with van der Waals surface area (Å²) in [4.78, 5) is 14.0. The van der Waals surface area contributed by atoms with Crippen LogP contribution < -0.4 is 10.6 Å². The average molecular weight is 322 g/mol. The summed E-state index contributed by atoms with van der Waals surface area (Å²) < 4.78 is 5.40. The summed E-state index contributed by atoms with van der Waals surface area (Å²) in [6.07, 6.45) is 5.13. The second-order valence-corrected chi connectivity index (χ2v) is 5.42. The fourth-order valence-corrected chi connectivity index (χ4v) is 2.64. The summed E-state index contributed by atoms with van der Waals surface area (Å²) in [5.41, 5.74) is 1.08. The van der Waals surface area contributed by atoms with Gasteiger partial charge in [-0.15, -0.1) is 6.42 Å². The Balaban J connectivity index is 2.04. The zero-order valence-electron chi connectivity index (χ0n) is 12.3. The first-order valence-corrected chi connectivity index (χ1v) is 7.61. The molecule has 1 aliphatic rings. The number of halogens is 1. The van der Waals surface area contributed by atoms with Crippen LogP contribution in [0.3, 0.4) is 0 Å². The van der Waals surface area contributed by atoms with Gasteiger partial charge in [-0.1, -0.05) is 29.7 Å². The number of rotatable bonds is 5. The predicted octanol–water partition coefficient (Wildman–Crippen LogP) is 1.65. The maximum absolute atomic E-state index is 11.7. The van der Waals surface area contributed by atoms with E-state index in [1.54, 1.807) is 0 Å². The van der Waals surface area contributed by atoms with Crippen LogP contribution >= 0.6 is 11.6 Å². The van der Waals surface area contributed by atoms with Crippen LogP contribution in [0, 0.1) is 12.3 Å². The first kappa shape index (κ1) is 16.6. The quantitative estimate of drug-likeness (QED) is 0.811. The van der Waals surface area contributed by atoms with Gasteiger partial charge in [0.25, 0.3) is 0 Å². The molecular weight excluding hydrogens is 302 g/mol. The Hall–Kier alpha value is -1.74. The Morgan fingerprint density at radius 3 is 2.86 bits per heavy atom. The second-order valence-electron chi connectivity index (χ2n) is 4.99. The third-order valence-electron chi connectivity index (χ3n) is 3.53. The van der Waals surface area contributed by atoms with Crippen molar-refractivity contribution < 1.29 is 9.53 Å². The third kappa shape index (κ3) is 4.92. The molecule has 0 unspecified atom stereocenters. The van der Waals surface area contributed by atoms with E-state index in [1.165, 1.54) is 0 Å². The molecule has 0 radical (unpaired) electrons. The Morgan fingerprint density at radius 2 is 2.18 bits per heavy atom. The predicted molar refractivity (Wildman–Crippen MR) is 86.8 cm³/mol. The Labute approximate surface area is 136 Å². The number of carbonyl (C=O) groups excluding carboxylic acids is 1. The third-order valence-corrected chi connectivity index (χ3v) is 3.76. The van der Waals surface area contributed by atoms with E-state index in [1.807, 2.05) is 24.3 Å². The van der Waals surface area contributed by atoms with Crippen LogP contribution in [0.5, 0.6) is 0 Å². The van der Waals surface area contributed by atoms with Gasteiger partial charge < -0.3 is 15.4 Å². The van der Waals surface area contributed by atoms with Gasteiger partial charge in [-0.2, -0.15) is 0 Å². The molecule has 2 amide bonds. The highest BCUT2D eigenvalue weighted by Gasteiger charge is 2.23. The first-order chi connectivity index (χ1) is 10.7. The minimum absolute atomic E-state index is 0.0548. The highest BCUT2D eigenvalue weighted by atomic mass is 35.5. The number of urea groups is 1. The standard InChI is InChI=1S/C16H20ClN3O2/c1-2-6-18-16(21)19-12-15(20-7-9-22-10-8-20)13-4-3-5-14(17)11-13/h1,3-5,11,15H,6-10,12H2,(H2,18,19,21)/t15-/m0/s1. The number of hydrogen-bond acceptors (Lipinski definition) is 3. The number of nitrogens with one attached hydrogen (secondary N) is 2. The maximum atomic E-state index is 11.7. The van der Waals surface area contributed by atoms with Gasteiger partial charge in [0.2, 0.25) is 0 Å².